The fourth-order valence-corrected chi connectivity index (χ4v) is 1.95. The van der Waals surface area contributed by atoms with E-state index in [-0.39, 0.29) is 11.7 Å². The number of ether oxygens (including phenoxy) is 1. The highest BCUT2D eigenvalue weighted by Gasteiger charge is 2.14. The maximum atomic E-state index is 13.6. The average molecular weight is 286 g/mol. The van der Waals surface area contributed by atoms with Gasteiger partial charge in [-0.3, -0.25) is 4.79 Å². The average Bonchev–Trinajstić information content (AvgIpc) is 2.39. The van der Waals surface area contributed by atoms with Crippen LogP contribution in [-0.4, -0.2) is 30.6 Å². The summed E-state index contributed by atoms with van der Waals surface area (Å²) in [5, 5.41) is 2.59. The zero-order valence-electron chi connectivity index (χ0n) is 11.1. The first-order valence-electron chi connectivity index (χ1n) is 6.06. The molecule has 19 heavy (non-hydrogen) atoms. The minimum atomic E-state index is -0.581. The van der Waals surface area contributed by atoms with Gasteiger partial charge in [-0.05, 0) is 37.5 Å². The van der Waals surface area contributed by atoms with Crippen LogP contribution in [0.3, 0.4) is 0 Å². The minimum absolute atomic E-state index is 0.173. The highest BCUT2D eigenvalue weighted by atomic mass is 32.2. The van der Waals surface area contributed by atoms with E-state index in [9.17, 15) is 9.18 Å². The summed E-state index contributed by atoms with van der Waals surface area (Å²) in [7, 11) is 0. The van der Waals surface area contributed by atoms with E-state index in [4.69, 9.17) is 10.5 Å². The number of carbonyl (C=O) groups is 1. The molecule has 0 fully saturated rings. The van der Waals surface area contributed by atoms with Gasteiger partial charge in [0.2, 0.25) is 5.91 Å². The molecule has 1 aromatic carbocycles. The Morgan fingerprint density at radius 3 is 2.89 bits per heavy atom. The molecule has 0 unspecified atom stereocenters. The topological polar surface area (TPSA) is 64.3 Å². The van der Waals surface area contributed by atoms with Gasteiger partial charge in [-0.15, -0.1) is 0 Å². The molecule has 0 spiro atoms. The highest BCUT2D eigenvalue weighted by molar-refractivity contribution is 7.98. The lowest BCUT2D eigenvalue weighted by molar-refractivity contribution is -0.117. The molecule has 3 N–H and O–H groups in total. The van der Waals surface area contributed by atoms with Crippen LogP contribution in [0.4, 0.5) is 10.1 Å². The van der Waals surface area contributed by atoms with Crippen LogP contribution in [0.5, 0.6) is 5.75 Å². The number of nitrogens with two attached hydrogens (primary N) is 1. The Balaban J connectivity index is 2.62. The fourth-order valence-electron chi connectivity index (χ4n) is 1.46. The van der Waals surface area contributed by atoms with Crippen molar-refractivity contribution in [3.05, 3.63) is 24.0 Å². The summed E-state index contributed by atoms with van der Waals surface area (Å²) in [5.74, 6) is 0.175. The van der Waals surface area contributed by atoms with Crippen molar-refractivity contribution in [1.82, 2.24) is 0 Å². The maximum Gasteiger partial charge on any atom is 0.241 e. The normalized spacial score (nSPS) is 12.0. The molecule has 0 aliphatic heterocycles. The molecule has 0 aromatic heterocycles. The second-order valence-electron chi connectivity index (χ2n) is 3.96. The number of halogens is 1. The van der Waals surface area contributed by atoms with E-state index in [2.05, 4.69) is 5.32 Å². The zero-order chi connectivity index (χ0) is 14.3. The van der Waals surface area contributed by atoms with Crippen molar-refractivity contribution in [2.24, 2.45) is 5.73 Å². The molecule has 0 saturated carbocycles. The van der Waals surface area contributed by atoms with E-state index >= 15 is 0 Å². The number of anilines is 1. The van der Waals surface area contributed by atoms with Gasteiger partial charge in [0.15, 0.2) is 11.6 Å². The van der Waals surface area contributed by atoms with Crippen molar-refractivity contribution in [2.75, 3.05) is 23.9 Å². The third kappa shape index (κ3) is 5.08. The van der Waals surface area contributed by atoms with E-state index in [0.29, 0.717) is 18.7 Å². The van der Waals surface area contributed by atoms with Gasteiger partial charge in [0.05, 0.1) is 12.6 Å². The van der Waals surface area contributed by atoms with Crippen LogP contribution in [0, 0.1) is 5.82 Å². The molecule has 4 nitrogen and oxygen atoms in total. The fraction of sp³-hybridized carbons (Fsp3) is 0.462. The largest absolute Gasteiger partial charge is 0.491 e. The Hall–Kier alpha value is -1.27. The molecule has 0 aliphatic carbocycles. The Kier molecular flexibility index (Phi) is 6.66. The Labute approximate surface area is 116 Å². The van der Waals surface area contributed by atoms with Gasteiger partial charge >= 0.3 is 0 Å². The van der Waals surface area contributed by atoms with Crippen molar-refractivity contribution >= 4 is 23.4 Å². The first kappa shape index (κ1) is 15.8. The lowest BCUT2D eigenvalue weighted by Crippen LogP contribution is -2.36. The molecule has 1 aromatic rings. The summed E-state index contributed by atoms with van der Waals surface area (Å²) in [6.45, 7) is 2.17. The first-order valence-corrected chi connectivity index (χ1v) is 7.45. The standard InChI is InChI=1S/C13H19FN2O2S/c1-3-18-12-5-4-9(8-10(12)14)16-13(17)11(15)6-7-19-2/h4-5,8,11H,3,6-7,15H2,1-2H3,(H,16,17)/t11-/m1/s1. The molecular formula is C13H19FN2O2S. The predicted octanol–water partition coefficient (Wildman–Crippen LogP) is 2.24. The van der Waals surface area contributed by atoms with Gasteiger partial charge in [-0.25, -0.2) is 4.39 Å². The number of benzene rings is 1. The molecule has 1 amide bonds. The molecule has 0 radical (unpaired) electrons. The number of hydrogen-bond acceptors (Lipinski definition) is 4. The van der Waals surface area contributed by atoms with Gasteiger partial charge < -0.3 is 15.8 Å². The second-order valence-corrected chi connectivity index (χ2v) is 4.94. The van der Waals surface area contributed by atoms with Gasteiger partial charge in [-0.2, -0.15) is 11.8 Å². The summed E-state index contributed by atoms with van der Waals surface area (Å²) in [6, 6.07) is 3.72. The van der Waals surface area contributed by atoms with E-state index in [0.717, 1.165) is 5.75 Å². The minimum Gasteiger partial charge on any atom is -0.491 e. The molecule has 0 aliphatic rings. The maximum absolute atomic E-state index is 13.6. The van der Waals surface area contributed by atoms with Crippen LogP contribution in [0.2, 0.25) is 0 Å². The summed E-state index contributed by atoms with van der Waals surface area (Å²) >= 11 is 1.63. The second kappa shape index (κ2) is 8.01. The number of thioether (sulfide) groups is 1. The smallest absolute Gasteiger partial charge is 0.241 e. The van der Waals surface area contributed by atoms with Crippen LogP contribution < -0.4 is 15.8 Å². The molecule has 1 rings (SSSR count). The summed E-state index contributed by atoms with van der Waals surface area (Å²) < 4.78 is 18.7. The molecule has 0 bridgehead atoms. The van der Waals surface area contributed by atoms with Gasteiger partial charge in [-0.1, -0.05) is 0 Å². The number of amides is 1. The quantitative estimate of drug-likeness (QED) is 0.807. The van der Waals surface area contributed by atoms with E-state index in [1.807, 2.05) is 6.26 Å². The number of carbonyl (C=O) groups excluding carboxylic acids is 1. The van der Waals surface area contributed by atoms with Crippen molar-refractivity contribution < 1.29 is 13.9 Å². The Morgan fingerprint density at radius 2 is 2.32 bits per heavy atom. The molecular weight excluding hydrogens is 267 g/mol. The van der Waals surface area contributed by atoms with Crippen LogP contribution in [0.1, 0.15) is 13.3 Å². The van der Waals surface area contributed by atoms with Gasteiger partial charge in [0.1, 0.15) is 0 Å². The van der Waals surface area contributed by atoms with Crippen LogP contribution >= 0.6 is 11.8 Å². The molecule has 6 heteroatoms. The predicted molar refractivity (Wildman–Crippen MR) is 77.2 cm³/mol. The first-order chi connectivity index (χ1) is 9.08. The third-order valence-electron chi connectivity index (χ3n) is 2.47. The van der Waals surface area contributed by atoms with Crippen LogP contribution in [0.25, 0.3) is 0 Å². The van der Waals surface area contributed by atoms with Gasteiger partial charge in [0, 0.05) is 11.8 Å². The summed E-state index contributed by atoms with van der Waals surface area (Å²) in [5.41, 5.74) is 6.10. The monoisotopic (exact) mass is 286 g/mol. The van der Waals surface area contributed by atoms with Gasteiger partial charge in [0.25, 0.3) is 0 Å². The molecule has 0 heterocycles. The number of rotatable bonds is 7. The zero-order valence-corrected chi connectivity index (χ0v) is 11.9. The lowest BCUT2D eigenvalue weighted by Gasteiger charge is -2.12. The lowest BCUT2D eigenvalue weighted by atomic mass is 10.2. The van der Waals surface area contributed by atoms with Crippen molar-refractivity contribution in [3.63, 3.8) is 0 Å². The Bertz CT molecular complexity index is 429. The molecule has 0 saturated heterocycles. The van der Waals surface area contributed by atoms with Crippen molar-refractivity contribution in [3.8, 4) is 5.75 Å². The molecule has 1 atom stereocenters. The van der Waals surface area contributed by atoms with Crippen LogP contribution in [-0.2, 0) is 4.79 Å². The van der Waals surface area contributed by atoms with E-state index in [1.165, 1.54) is 12.1 Å². The van der Waals surface area contributed by atoms with Crippen molar-refractivity contribution in [2.45, 2.75) is 19.4 Å². The van der Waals surface area contributed by atoms with E-state index < -0.39 is 11.9 Å². The molecule has 106 valence electrons. The number of hydrogen-bond donors (Lipinski definition) is 2. The van der Waals surface area contributed by atoms with Crippen molar-refractivity contribution in [1.29, 1.82) is 0 Å². The summed E-state index contributed by atoms with van der Waals surface area (Å²) in [6.07, 6.45) is 2.54. The van der Waals surface area contributed by atoms with E-state index in [1.54, 1.807) is 24.8 Å². The SMILES string of the molecule is CCOc1ccc(NC(=O)[C@H](N)CCSC)cc1F. The highest BCUT2D eigenvalue weighted by Crippen LogP contribution is 2.21. The van der Waals surface area contributed by atoms with Crippen LogP contribution in [0.15, 0.2) is 18.2 Å². The Morgan fingerprint density at radius 1 is 1.58 bits per heavy atom. The summed E-state index contributed by atoms with van der Waals surface area (Å²) in [4.78, 5) is 11.7. The number of nitrogens with one attached hydrogen (secondary N) is 1. The third-order valence-corrected chi connectivity index (χ3v) is 3.11.